The number of ether oxygens (including phenoxy) is 1. The molecule has 0 aliphatic carbocycles. The molecule has 1 N–H and O–H groups in total. The number of hydrogen-bond acceptors (Lipinski definition) is 2. The van der Waals surface area contributed by atoms with Gasteiger partial charge < -0.3 is 9.84 Å². The van der Waals surface area contributed by atoms with Crippen LogP contribution in [0.5, 0.6) is 5.75 Å². The Morgan fingerprint density at radius 2 is 1.95 bits per heavy atom. The summed E-state index contributed by atoms with van der Waals surface area (Å²) in [5, 5.41) is 8.70. The molecule has 19 heavy (non-hydrogen) atoms. The van der Waals surface area contributed by atoms with Crippen LogP contribution >= 0.6 is 0 Å². The average Bonchev–Trinajstić information content (AvgIpc) is 2.37. The lowest BCUT2D eigenvalue weighted by Crippen LogP contribution is -2.02. The van der Waals surface area contributed by atoms with E-state index in [4.69, 9.17) is 9.84 Å². The van der Waals surface area contributed by atoms with Gasteiger partial charge in [0.05, 0.1) is 5.56 Å². The van der Waals surface area contributed by atoms with Gasteiger partial charge in [-0.2, -0.15) is 0 Å². The zero-order valence-electron chi connectivity index (χ0n) is 9.77. The van der Waals surface area contributed by atoms with Crippen molar-refractivity contribution in [2.75, 3.05) is 0 Å². The zero-order chi connectivity index (χ0) is 13.8. The molecule has 0 radical (unpaired) electrons. The fraction of sp³-hybridized carbons (Fsp3) is 0.0714. The molecular weight excluding hydrogens is 254 g/mol. The van der Waals surface area contributed by atoms with Gasteiger partial charge in [0.15, 0.2) is 0 Å². The molecule has 0 saturated heterocycles. The molecule has 0 aromatic heterocycles. The molecule has 98 valence electrons. The van der Waals surface area contributed by atoms with Crippen LogP contribution in [0.2, 0.25) is 0 Å². The van der Waals surface area contributed by atoms with E-state index in [2.05, 4.69) is 0 Å². The first kappa shape index (κ1) is 13.0. The van der Waals surface area contributed by atoms with E-state index in [0.29, 0.717) is 0 Å². The van der Waals surface area contributed by atoms with Crippen molar-refractivity contribution < 1.29 is 23.4 Å². The fourth-order valence-corrected chi connectivity index (χ4v) is 1.52. The number of aromatic carboxylic acids is 1. The monoisotopic (exact) mass is 264 g/mol. The van der Waals surface area contributed by atoms with E-state index in [-0.39, 0.29) is 23.5 Å². The quantitative estimate of drug-likeness (QED) is 0.922. The second kappa shape index (κ2) is 5.48. The molecule has 0 heterocycles. The predicted octanol–water partition coefficient (Wildman–Crippen LogP) is 3.24. The molecule has 0 saturated carbocycles. The van der Waals surface area contributed by atoms with Crippen molar-refractivity contribution in [3.8, 4) is 5.75 Å². The number of hydrogen-bond donors (Lipinski definition) is 1. The lowest BCUT2D eigenvalue weighted by molar-refractivity contribution is 0.0696. The van der Waals surface area contributed by atoms with Crippen LogP contribution in [0.1, 0.15) is 15.9 Å². The Labute approximate surface area is 108 Å². The third kappa shape index (κ3) is 3.28. The van der Waals surface area contributed by atoms with Crippen molar-refractivity contribution >= 4 is 5.97 Å². The van der Waals surface area contributed by atoms with E-state index in [9.17, 15) is 13.6 Å². The van der Waals surface area contributed by atoms with Gasteiger partial charge in [0, 0.05) is 11.6 Å². The number of carboxylic acids is 1. The van der Waals surface area contributed by atoms with Crippen molar-refractivity contribution in [3.63, 3.8) is 0 Å². The molecule has 5 heteroatoms. The second-order valence-electron chi connectivity index (χ2n) is 3.86. The molecule has 2 aromatic carbocycles. The van der Waals surface area contributed by atoms with Crippen molar-refractivity contribution in [3.05, 3.63) is 65.2 Å². The van der Waals surface area contributed by atoms with Gasteiger partial charge in [-0.15, -0.1) is 0 Å². The lowest BCUT2D eigenvalue weighted by Gasteiger charge is -2.07. The maximum Gasteiger partial charge on any atom is 0.335 e. The summed E-state index contributed by atoms with van der Waals surface area (Å²) in [5.41, 5.74) is 0.0706. The van der Waals surface area contributed by atoms with Crippen LogP contribution in [0.3, 0.4) is 0 Å². The van der Waals surface area contributed by atoms with E-state index in [1.807, 2.05) is 0 Å². The lowest BCUT2D eigenvalue weighted by atomic mass is 10.1. The third-order valence-electron chi connectivity index (χ3n) is 2.49. The van der Waals surface area contributed by atoms with Crippen LogP contribution in [0.15, 0.2) is 42.5 Å². The van der Waals surface area contributed by atoms with Crippen LogP contribution in [-0.2, 0) is 6.61 Å². The van der Waals surface area contributed by atoms with Gasteiger partial charge in [0.1, 0.15) is 24.0 Å². The van der Waals surface area contributed by atoms with Gasteiger partial charge in [-0.3, -0.25) is 0 Å². The summed E-state index contributed by atoms with van der Waals surface area (Å²) in [7, 11) is 0. The fourth-order valence-electron chi connectivity index (χ4n) is 1.52. The molecular formula is C14H10F2O3. The van der Waals surface area contributed by atoms with Gasteiger partial charge in [0.25, 0.3) is 0 Å². The van der Waals surface area contributed by atoms with Gasteiger partial charge >= 0.3 is 5.97 Å². The van der Waals surface area contributed by atoms with E-state index >= 15 is 0 Å². The minimum absolute atomic E-state index is 0.102. The Balaban J connectivity index is 2.10. The molecule has 0 spiro atoms. The summed E-state index contributed by atoms with van der Waals surface area (Å²) in [6.07, 6.45) is 0. The Kier molecular flexibility index (Phi) is 3.75. The molecule has 0 aliphatic rings. The highest BCUT2D eigenvalue weighted by atomic mass is 19.1. The van der Waals surface area contributed by atoms with Crippen LogP contribution in [0.4, 0.5) is 8.78 Å². The molecule has 0 unspecified atom stereocenters. The summed E-state index contributed by atoms with van der Waals surface area (Å²) < 4.78 is 31.7. The average molecular weight is 264 g/mol. The van der Waals surface area contributed by atoms with E-state index in [1.165, 1.54) is 30.3 Å². The molecule has 0 aliphatic heterocycles. The maximum atomic E-state index is 13.6. The van der Waals surface area contributed by atoms with E-state index < -0.39 is 17.6 Å². The SMILES string of the molecule is O=C(O)c1ccc(COc2cccc(F)c2)c(F)c1. The first-order valence-electron chi connectivity index (χ1n) is 5.46. The molecule has 0 bridgehead atoms. The normalized spacial score (nSPS) is 10.2. The minimum atomic E-state index is -1.20. The second-order valence-corrected chi connectivity index (χ2v) is 3.86. The van der Waals surface area contributed by atoms with Crippen LogP contribution < -0.4 is 4.74 Å². The number of benzene rings is 2. The van der Waals surface area contributed by atoms with Crippen molar-refractivity contribution in [2.45, 2.75) is 6.61 Å². The van der Waals surface area contributed by atoms with Crippen LogP contribution in [0, 0.1) is 11.6 Å². The highest BCUT2D eigenvalue weighted by Gasteiger charge is 2.08. The first-order chi connectivity index (χ1) is 9.06. The van der Waals surface area contributed by atoms with E-state index in [1.54, 1.807) is 6.07 Å². The van der Waals surface area contributed by atoms with Crippen molar-refractivity contribution in [2.24, 2.45) is 0 Å². The molecule has 0 atom stereocenters. The number of rotatable bonds is 4. The molecule has 0 fully saturated rings. The molecule has 2 rings (SSSR count). The summed E-state index contributed by atoms with van der Waals surface area (Å²) >= 11 is 0. The Hall–Kier alpha value is -2.43. The Morgan fingerprint density at radius 3 is 2.58 bits per heavy atom. The smallest absolute Gasteiger partial charge is 0.335 e. The predicted molar refractivity (Wildman–Crippen MR) is 64.1 cm³/mol. The standard InChI is InChI=1S/C14H10F2O3/c15-11-2-1-3-12(7-11)19-8-10-5-4-9(14(17)18)6-13(10)16/h1-7H,8H2,(H,17,18). The summed E-state index contributed by atoms with van der Waals surface area (Å²) in [6, 6.07) is 9.03. The van der Waals surface area contributed by atoms with Crippen LogP contribution in [-0.4, -0.2) is 11.1 Å². The zero-order valence-corrected chi connectivity index (χ0v) is 9.77. The van der Waals surface area contributed by atoms with Gasteiger partial charge in [-0.25, -0.2) is 13.6 Å². The van der Waals surface area contributed by atoms with Crippen molar-refractivity contribution in [1.82, 2.24) is 0 Å². The number of carboxylic acid groups (broad SMARTS) is 1. The Bertz CT molecular complexity index is 611. The topological polar surface area (TPSA) is 46.5 Å². The van der Waals surface area contributed by atoms with Gasteiger partial charge in [0.2, 0.25) is 0 Å². The summed E-state index contributed by atoms with van der Waals surface area (Å²) in [5.74, 6) is -2.03. The number of carbonyl (C=O) groups is 1. The Morgan fingerprint density at radius 1 is 1.16 bits per heavy atom. The molecule has 2 aromatic rings. The highest BCUT2D eigenvalue weighted by molar-refractivity contribution is 5.87. The number of halogens is 2. The van der Waals surface area contributed by atoms with Crippen molar-refractivity contribution in [1.29, 1.82) is 0 Å². The van der Waals surface area contributed by atoms with Gasteiger partial charge in [-0.05, 0) is 24.3 Å². The van der Waals surface area contributed by atoms with E-state index in [0.717, 1.165) is 6.07 Å². The summed E-state index contributed by atoms with van der Waals surface area (Å²) in [6.45, 7) is -0.102. The first-order valence-corrected chi connectivity index (χ1v) is 5.46. The van der Waals surface area contributed by atoms with Gasteiger partial charge in [-0.1, -0.05) is 12.1 Å². The molecule has 3 nitrogen and oxygen atoms in total. The molecule has 0 amide bonds. The largest absolute Gasteiger partial charge is 0.489 e. The summed E-state index contributed by atoms with van der Waals surface area (Å²) in [4.78, 5) is 10.6. The van der Waals surface area contributed by atoms with Crippen LogP contribution in [0.25, 0.3) is 0 Å². The highest BCUT2D eigenvalue weighted by Crippen LogP contribution is 2.16. The maximum absolute atomic E-state index is 13.6. The third-order valence-corrected chi connectivity index (χ3v) is 2.49. The minimum Gasteiger partial charge on any atom is -0.489 e.